The van der Waals surface area contributed by atoms with Crippen molar-refractivity contribution in [1.29, 1.82) is 0 Å². The van der Waals surface area contributed by atoms with Gasteiger partial charge in [0.15, 0.2) is 0 Å². The van der Waals surface area contributed by atoms with Crippen LogP contribution in [0.4, 0.5) is 5.82 Å². The number of nitrogens with zero attached hydrogens (tertiary/aromatic N) is 1. The van der Waals surface area contributed by atoms with Gasteiger partial charge in [0.1, 0.15) is 5.82 Å². The molecule has 68 valence electrons. The fourth-order valence-corrected chi connectivity index (χ4v) is 1.38. The molecule has 0 bridgehead atoms. The molecule has 13 heavy (non-hydrogen) atoms. The molecule has 1 N–H and O–H groups in total. The van der Waals surface area contributed by atoms with Crippen LogP contribution < -0.4 is 5.32 Å². The first kappa shape index (κ1) is 8.69. The summed E-state index contributed by atoms with van der Waals surface area (Å²) in [6.45, 7) is 0. The Balaban J connectivity index is 2.04. The number of hydrogen-bond acceptors (Lipinski definition) is 2. The molecule has 1 aliphatic rings. The number of carbonyl (C=O) groups is 1. The van der Waals surface area contributed by atoms with E-state index in [2.05, 4.69) is 26.2 Å². The molecule has 1 amide bonds. The lowest BCUT2D eigenvalue weighted by atomic mass is 10.4. The zero-order chi connectivity index (χ0) is 9.26. The van der Waals surface area contributed by atoms with E-state index in [0.717, 1.165) is 17.3 Å². The lowest BCUT2D eigenvalue weighted by Gasteiger charge is -2.02. The Morgan fingerprint density at radius 1 is 1.62 bits per heavy atom. The van der Waals surface area contributed by atoms with Crippen LogP contribution in [0.1, 0.15) is 12.8 Å². The van der Waals surface area contributed by atoms with Gasteiger partial charge < -0.3 is 5.32 Å². The summed E-state index contributed by atoms with van der Waals surface area (Å²) in [7, 11) is 0. The van der Waals surface area contributed by atoms with Gasteiger partial charge in [0.05, 0.1) is 0 Å². The quantitative estimate of drug-likeness (QED) is 0.862. The maximum atomic E-state index is 11.3. The molecule has 0 spiro atoms. The Kier molecular flexibility index (Phi) is 2.31. The number of halogens is 1. The van der Waals surface area contributed by atoms with Crippen molar-refractivity contribution in [2.75, 3.05) is 5.32 Å². The molecule has 0 saturated heterocycles. The molecule has 4 heteroatoms. The van der Waals surface area contributed by atoms with E-state index in [1.165, 1.54) is 0 Å². The number of anilines is 1. The third kappa shape index (κ3) is 2.28. The summed E-state index contributed by atoms with van der Waals surface area (Å²) in [4.78, 5) is 15.3. The Morgan fingerprint density at radius 3 is 3.00 bits per heavy atom. The van der Waals surface area contributed by atoms with Crippen LogP contribution in [0.15, 0.2) is 22.8 Å². The second-order valence-corrected chi connectivity index (χ2v) is 4.04. The standard InChI is InChI=1S/C9H9BrN2O/c10-7-3-4-11-8(5-7)12-9(13)6-1-2-6/h3-6H,1-2H2,(H,11,12,13). The molecule has 2 rings (SSSR count). The largest absolute Gasteiger partial charge is 0.310 e. The summed E-state index contributed by atoms with van der Waals surface area (Å²) in [5.41, 5.74) is 0. The van der Waals surface area contributed by atoms with Crippen molar-refractivity contribution in [2.45, 2.75) is 12.8 Å². The average molecular weight is 241 g/mol. The summed E-state index contributed by atoms with van der Waals surface area (Å²) in [6.07, 6.45) is 3.69. The van der Waals surface area contributed by atoms with E-state index < -0.39 is 0 Å². The minimum Gasteiger partial charge on any atom is -0.310 e. The van der Waals surface area contributed by atoms with Gasteiger partial charge in [-0.15, -0.1) is 0 Å². The van der Waals surface area contributed by atoms with Crippen LogP contribution in [0.5, 0.6) is 0 Å². The third-order valence-electron chi connectivity index (χ3n) is 1.92. The van der Waals surface area contributed by atoms with Crippen LogP contribution in [0.25, 0.3) is 0 Å². The van der Waals surface area contributed by atoms with Crippen molar-refractivity contribution < 1.29 is 4.79 Å². The van der Waals surface area contributed by atoms with Crippen molar-refractivity contribution in [2.24, 2.45) is 5.92 Å². The number of pyridine rings is 1. The van der Waals surface area contributed by atoms with E-state index in [9.17, 15) is 4.79 Å². The molecule has 1 saturated carbocycles. The summed E-state index contributed by atoms with van der Waals surface area (Å²) < 4.78 is 0.925. The summed E-state index contributed by atoms with van der Waals surface area (Å²) in [6, 6.07) is 3.62. The predicted molar refractivity (Wildman–Crippen MR) is 53.3 cm³/mol. The van der Waals surface area contributed by atoms with Crippen LogP contribution in [0, 0.1) is 5.92 Å². The van der Waals surface area contributed by atoms with E-state index in [0.29, 0.717) is 5.82 Å². The minimum absolute atomic E-state index is 0.0885. The summed E-state index contributed by atoms with van der Waals surface area (Å²) >= 11 is 3.31. The Bertz CT molecular complexity index is 336. The van der Waals surface area contributed by atoms with Crippen molar-refractivity contribution in [3.8, 4) is 0 Å². The third-order valence-corrected chi connectivity index (χ3v) is 2.41. The highest BCUT2D eigenvalue weighted by molar-refractivity contribution is 9.10. The van der Waals surface area contributed by atoms with Gasteiger partial charge >= 0.3 is 0 Å². The highest BCUT2D eigenvalue weighted by Crippen LogP contribution is 2.30. The number of carbonyl (C=O) groups excluding carboxylic acids is 1. The molecule has 0 aliphatic heterocycles. The topological polar surface area (TPSA) is 42.0 Å². The first-order chi connectivity index (χ1) is 6.25. The molecule has 0 atom stereocenters. The molecule has 1 aromatic rings. The van der Waals surface area contributed by atoms with Gasteiger partial charge in [-0.3, -0.25) is 4.79 Å². The van der Waals surface area contributed by atoms with E-state index in [1.54, 1.807) is 12.3 Å². The van der Waals surface area contributed by atoms with Gasteiger partial charge in [-0.25, -0.2) is 4.98 Å². The lowest BCUT2D eigenvalue weighted by Crippen LogP contribution is -2.14. The maximum absolute atomic E-state index is 11.3. The lowest BCUT2D eigenvalue weighted by molar-refractivity contribution is -0.117. The first-order valence-corrected chi connectivity index (χ1v) is 4.97. The molecule has 1 fully saturated rings. The summed E-state index contributed by atoms with van der Waals surface area (Å²) in [5.74, 6) is 0.928. The summed E-state index contributed by atoms with van der Waals surface area (Å²) in [5, 5.41) is 2.76. The van der Waals surface area contributed by atoms with Gasteiger partial charge in [0.2, 0.25) is 5.91 Å². The van der Waals surface area contributed by atoms with Crippen molar-refractivity contribution in [3.05, 3.63) is 22.8 Å². The molecule has 3 nitrogen and oxygen atoms in total. The minimum atomic E-state index is 0.0885. The number of nitrogens with one attached hydrogen (secondary N) is 1. The van der Waals surface area contributed by atoms with Crippen molar-refractivity contribution in [1.82, 2.24) is 4.98 Å². The smallest absolute Gasteiger partial charge is 0.228 e. The molecular formula is C9H9BrN2O. The zero-order valence-electron chi connectivity index (χ0n) is 6.96. The van der Waals surface area contributed by atoms with Crippen LogP contribution in [-0.2, 0) is 4.79 Å². The number of rotatable bonds is 2. The van der Waals surface area contributed by atoms with Crippen molar-refractivity contribution >= 4 is 27.7 Å². The van der Waals surface area contributed by atoms with Gasteiger partial charge in [-0.05, 0) is 25.0 Å². The van der Waals surface area contributed by atoms with Crippen LogP contribution in [-0.4, -0.2) is 10.9 Å². The first-order valence-electron chi connectivity index (χ1n) is 4.18. The predicted octanol–water partition coefficient (Wildman–Crippen LogP) is 2.19. The molecule has 0 radical (unpaired) electrons. The molecule has 1 aliphatic carbocycles. The van der Waals surface area contributed by atoms with Crippen LogP contribution in [0.2, 0.25) is 0 Å². The molecule has 0 unspecified atom stereocenters. The number of aromatic nitrogens is 1. The average Bonchev–Trinajstić information content (AvgIpc) is 2.85. The normalized spacial score (nSPS) is 15.5. The second-order valence-electron chi connectivity index (χ2n) is 3.12. The molecule has 0 aromatic carbocycles. The highest BCUT2D eigenvalue weighted by atomic mass is 79.9. The van der Waals surface area contributed by atoms with Gasteiger partial charge in [-0.1, -0.05) is 15.9 Å². The molecule has 1 heterocycles. The van der Waals surface area contributed by atoms with E-state index >= 15 is 0 Å². The molecular weight excluding hydrogens is 232 g/mol. The maximum Gasteiger partial charge on any atom is 0.228 e. The van der Waals surface area contributed by atoms with E-state index in [1.807, 2.05) is 6.07 Å². The van der Waals surface area contributed by atoms with Gasteiger partial charge in [0.25, 0.3) is 0 Å². The Labute approximate surface area is 84.7 Å². The fourth-order valence-electron chi connectivity index (χ4n) is 1.05. The molecule has 1 aromatic heterocycles. The SMILES string of the molecule is O=C(Nc1cc(Br)ccn1)C1CC1. The Hall–Kier alpha value is -0.900. The van der Waals surface area contributed by atoms with Crippen LogP contribution >= 0.6 is 15.9 Å². The van der Waals surface area contributed by atoms with Gasteiger partial charge in [0, 0.05) is 16.6 Å². The monoisotopic (exact) mass is 240 g/mol. The fraction of sp³-hybridized carbons (Fsp3) is 0.333. The number of amides is 1. The van der Waals surface area contributed by atoms with Crippen molar-refractivity contribution in [3.63, 3.8) is 0 Å². The Morgan fingerprint density at radius 2 is 2.38 bits per heavy atom. The van der Waals surface area contributed by atoms with E-state index in [4.69, 9.17) is 0 Å². The number of hydrogen-bond donors (Lipinski definition) is 1. The van der Waals surface area contributed by atoms with Gasteiger partial charge in [-0.2, -0.15) is 0 Å². The highest BCUT2D eigenvalue weighted by Gasteiger charge is 2.29. The van der Waals surface area contributed by atoms with E-state index in [-0.39, 0.29) is 11.8 Å². The zero-order valence-corrected chi connectivity index (χ0v) is 8.54. The second kappa shape index (κ2) is 3.46. The van der Waals surface area contributed by atoms with Crippen LogP contribution in [0.3, 0.4) is 0 Å².